The molecule has 19 nitrogen and oxygen atoms in total. The van der Waals surface area contributed by atoms with E-state index in [1.807, 2.05) is 427 Å². The van der Waals surface area contributed by atoms with Crippen LogP contribution in [0, 0.1) is 0 Å². The number of para-hydroxylation sites is 16. The van der Waals surface area contributed by atoms with Crippen LogP contribution in [0.25, 0.3) is 97.3 Å². The molecule has 9 aromatic heterocycles. The second kappa shape index (κ2) is 82.2. The number of aromatic nitrogens is 8. The number of pyridine rings is 1. The molecule has 145 heavy (non-hydrogen) atoms. The van der Waals surface area contributed by atoms with E-state index in [0.717, 1.165) is 108 Å². The molecule has 0 saturated heterocycles. The van der Waals surface area contributed by atoms with E-state index in [0.29, 0.717) is 24.7 Å². The minimum Gasteiger partial charge on any atom is -0.493 e. The Balaban J connectivity index is 0.000000522. The molecule has 21 heteroatoms. The molecule has 0 unspecified atom stereocenters. The van der Waals surface area contributed by atoms with Gasteiger partial charge in [-0.25, -0.2) is 24.5 Å². The number of hydrogen-bond acceptors (Lipinski definition) is 18. The Bertz CT molecular complexity index is 5910. The molecule has 22 aromatic rings. The molecule has 26 rings (SSSR count). The molecular formula is C124H155N9O10S2. The first kappa shape index (κ1) is 126. The summed E-state index contributed by atoms with van der Waals surface area (Å²) >= 11 is 3.46. The summed E-state index contributed by atoms with van der Waals surface area (Å²) in [6.45, 7) is 49.8. The maximum absolute atomic E-state index is 10.7. The molecule has 0 atom stereocenters. The highest BCUT2D eigenvalue weighted by Gasteiger charge is 2.12. The number of thiazole rings is 1. The van der Waals surface area contributed by atoms with Gasteiger partial charge < -0.3 is 46.9 Å². The highest BCUT2D eigenvalue weighted by Crippen LogP contribution is 2.31. The normalized spacial score (nSPS) is 10.1. The number of ether oxygens (including phenoxy) is 4. The number of furan rings is 1. The predicted molar refractivity (Wildman–Crippen MR) is 623 cm³/mol. The quantitative estimate of drug-likeness (QED) is 0.103. The Morgan fingerprint density at radius 1 is 0.310 bits per heavy atom. The summed E-state index contributed by atoms with van der Waals surface area (Å²) in [5.74, 6) is 3.31. The van der Waals surface area contributed by atoms with Crippen LogP contribution >= 0.6 is 22.7 Å². The Morgan fingerprint density at radius 3 is 1.37 bits per heavy atom. The van der Waals surface area contributed by atoms with Crippen LogP contribution in [-0.4, -0.2) is 60.2 Å². The van der Waals surface area contributed by atoms with Gasteiger partial charge in [0, 0.05) is 44.9 Å². The molecule has 4 aliphatic rings. The number of H-pyrrole nitrogens is 3. The maximum Gasteiger partial charge on any atom is 0.417 e. The molecule has 0 spiro atoms. The summed E-state index contributed by atoms with van der Waals surface area (Å²) < 4.78 is 43.1. The number of thiophene rings is 1. The lowest BCUT2D eigenvalue weighted by Crippen LogP contribution is -1.96. The van der Waals surface area contributed by atoms with Crippen molar-refractivity contribution < 1.29 is 36.6 Å². The fourth-order valence-corrected chi connectivity index (χ4v) is 14.0. The molecule has 0 saturated carbocycles. The van der Waals surface area contributed by atoms with Crippen LogP contribution in [-0.2, 0) is 19.3 Å². The predicted octanol–water partition coefficient (Wildman–Crippen LogP) is 36.7. The van der Waals surface area contributed by atoms with Crippen molar-refractivity contribution in [3.05, 3.63) is 432 Å². The number of rotatable bonds is 0. The van der Waals surface area contributed by atoms with E-state index >= 15 is 0 Å². The molecule has 1 aliphatic carbocycles. The number of fused-ring (bicyclic) bond motifs is 13. The first-order valence-electron chi connectivity index (χ1n) is 51.0. The van der Waals surface area contributed by atoms with Gasteiger partial charge in [-0.15, -0.1) is 22.7 Å². The van der Waals surface area contributed by atoms with Crippen LogP contribution in [0.15, 0.2) is 421 Å². The van der Waals surface area contributed by atoms with Crippen LogP contribution < -0.4 is 35.6 Å². The van der Waals surface area contributed by atoms with Crippen molar-refractivity contribution in [3.8, 4) is 23.0 Å². The lowest BCUT2D eigenvalue weighted by molar-refractivity contribution is 0.174. The average molecular weight is 2000 g/mol. The molecule has 12 heterocycles. The summed E-state index contributed by atoms with van der Waals surface area (Å²) in [6, 6.07) is 115. The monoisotopic (exact) mass is 1990 g/mol. The van der Waals surface area contributed by atoms with Gasteiger partial charge >= 0.3 is 11.4 Å². The summed E-state index contributed by atoms with van der Waals surface area (Å²) in [4.78, 5) is 43.2. The van der Waals surface area contributed by atoms with Gasteiger partial charge in [-0.2, -0.15) is 5.10 Å². The number of imidazole rings is 1. The third kappa shape index (κ3) is 46.0. The highest BCUT2D eigenvalue weighted by atomic mass is 32.1. The topological polar surface area (TPSA) is 247 Å². The molecule has 0 bridgehead atoms. The minimum atomic E-state index is -0.402. The standard InChI is InChI=1S/C9H7N.C9H6O2.C9H10.C8H8O.C8H6O.C8H6S.2C7H6N2.C7H5NO2.C7H7NO.C7H5NO.C7H5NS.C7H6O2.12C2H6/c1-2-6-9-8(4-1)5-3-7-10-9;10-9-6-5-7-3-1-2-4-8(7)11-9;1-2-5-9-7-3-6-8(9)4-1;3*1-2-4-8-7(3-1)5-6-9-8;1-2-4-7-6(3-1)8-5-9-7;1-2-4-7-6(3-1)5-8-9-7;9-7-8-5-3-1-2-4-6(5)10-7;4*1-2-4-7-6(3-1)8-5-9-7;12*1-2/h1-7H;1-6H;1-2,4-5H,3,6-7H2;1-4H,5-6H2;2*1-6H;2*1-5H,(H,8,9);1-4H,(H,8,9);1-4,8H,5H2;2*1-5H;1-4H,5H2;12*1-2H3. The zero-order chi connectivity index (χ0) is 107. The van der Waals surface area contributed by atoms with E-state index in [9.17, 15) is 9.59 Å². The lowest BCUT2D eigenvalue weighted by atomic mass is 10.1. The molecule has 3 aliphatic heterocycles. The van der Waals surface area contributed by atoms with Crippen LogP contribution in [0.3, 0.4) is 0 Å². The van der Waals surface area contributed by atoms with Gasteiger partial charge in [0.15, 0.2) is 35.8 Å². The SMILES string of the molecule is CC.CC.CC.CC.CC.CC.CC.CC.CC.CC.CC.CC.O=c1[nH]c2ccccc2o1.O=c1ccc2ccccc2o1.c1ccc2[nH]cnc2c1.c1ccc2[nH]ncc2c1.c1ccc2c(c1)CCC2.c1ccc2c(c1)CCO2.c1ccc2c(c1)NCO2.c1ccc2c(c1)OCO2.c1ccc2ncccc2c1.c1ccc2occc2c1.c1ccc2ocnc2c1.c1ccc2sccc2c1.c1ccc2scnc2c1. The van der Waals surface area contributed by atoms with Gasteiger partial charge in [0.05, 0.1) is 74.4 Å². The van der Waals surface area contributed by atoms with Gasteiger partial charge in [0.1, 0.15) is 28.2 Å². The largest absolute Gasteiger partial charge is 0.493 e. The van der Waals surface area contributed by atoms with Crippen LogP contribution in [0.4, 0.5) is 5.69 Å². The number of aryl methyl sites for hydroxylation is 2. The van der Waals surface area contributed by atoms with Gasteiger partial charge in [-0.3, -0.25) is 15.1 Å². The zero-order valence-corrected chi connectivity index (χ0v) is 91.2. The van der Waals surface area contributed by atoms with E-state index in [2.05, 4.69) is 130 Å². The van der Waals surface area contributed by atoms with Crippen molar-refractivity contribution in [2.75, 3.05) is 25.4 Å². The van der Waals surface area contributed by atoms with Crippen molar-refractivity contribution in [2.45, 2.75) is 192 Å². The number of nitrogens with one attached hydrogen (secondary N) is 4. The summed E-state index contributed by atoms with van der Waals surface area (Å²) in [7, 11) is 0. The fourth-order valence-electron chi connectivity index (χ4n) is 12.5. The van der Waals surface area contributed by atoms with Crippen molar-refractivity contribution in [1.29, 1.82) is 0 Å². The summed E-state index contributed by atoms with van der Waals surface area (Å²) in [5.41, 5.74) is 17.2. The smallest absolute Gasteiger partial charge is 0.417 e. The number of benzene rings is 13. The van der Waals surface area contributed by atoms with Crippen molar-refractivity contribution in [3.63, 3.8) is 0 Å². The second-order valence-electron chi connectivity index (χ2n) is 26.6. The zero-order valence-electron chi connectivity index (χ0n) is 89.6. The molecule has 0 radical (unpaired) electrons. The third-order valence-corrected chi connectivity index (χ3v) is 20.2. The first-order valence-corrected chi connectivity index (χ1v) is 52.7. The van der Waals surface area contributed by atoms with Crippen molar-refractivity contribution in [2.24, 2.45) is 0 Å². The number of aromatic amines is 3. The van der Waals surface area contributed by atoms with E-state index in [-0.39, 0.29) is 5.63 Å². The van der Waals surface area contributed by atoms with E-state index in [4.69, 9.17) is 36.6 Å². The maximum atomic E-state index is 10.7. The number of nitrogens with zero attached hydrogens (tertiary/aromatic N) is 5. The lowest BCUT2D eigenvalue weighted by Gasteiger charge is -1.93. The third-order valence-electron chi connectivity index (χ3n) is 18.5. The number of anilines is 1. The summed E-state index contributed by atoms with van der Waals surface area (Å²) in [6.07, 6.45) is 13.5. The average Bonchev–Trinajstić information content (AvgIpc) is 1.83. The molecule has 768 valence electrons. The van der Waals surface area contributed by atoms with Crippen molar-refractivity contribution >= 4 is 126 Å². The second-order valence-corrected chi connectivity index (χ2v) is 28.4. The van der Waals surface area contributed by atoms with Crippen LogP contribution in [0.5, 0.6) is 23.0 Å². The molecule has 0 amide bonds. The van der Waals surface area contributed by atoms with E-state index < -0.39 is 5.76 Å². The van der Waals surface area contributed by atoms with Gasteiger partial charge in [0.25, 0.3) is 0 Å². The highest BCUT2D eigenvalue weighted by molar-refractivity contribution is 7.17. The molecular weight excluding hydrogens is 1840 g/mol. The molecule has 13 aromatic carbocycles. The number of oxazole rings is 2. The van der Waals surface area contributed by atoms with E-state index in [1.54, 1.807) is 70.7 Å². The van der Waals surface area contributed by atoms with Gasteiger partial charge in [0.2, 0.25) is 6.79 Å². The van der Waals surface area contributed by atoms with Crippen molar-refractivity contribution in [1.82, 2.24) is 40.1 Å². The Kier molecular flexibility index (Phi) is 71.2. The Hall–Kier alpha value is -15.5. The van der Waals surface area contributed by atoms with Gasteiger partial charge in [-0.05, 0) is 180 Å². The fraction of sp³-hybridized carbons (Fsp3) is 0.250. The van der Waals surface area contributed by atoms with Crippen LogP contribution in [0.1, 0.15) is 189 Å². The minimum absolute atomic E-state index is 0.302. The van der Waals surface area contributed by atoms with Gasteiger partial charge in [-0.1, -0.05) is 378 Å². The van der Waals surface area contributed by atoms with E-state index in [1.165, 1.54) is 57.5 Å². The molecule has 0 fully saturated rings. The Morgan fingerprint density at radius 2 is 0.793 bits per heavy atom. The van der Waals surface area contributed by atoms with Crippen LogP contribution in [0.2, 0.25) is 0 Å². The number of hydrogen-bond donors (Lipinski definition) is 4. The Labute approximate surface area is 868 Å². The summed E-state index contributed by atoms with van der Waals surface area (Å²) in [5, 5.41) is 17.8. The molecule has 4 N–H and O–H groups in total. The first-order chi connectivity index (χ1) is 71.8.